The molecule has 5 heteroatoms. The van der Waals surface area contributed by atoms with Crippen LogP contribution in [-0.2, 0) is 6.54 Å². The van der Waals surface area contributed by atoms with Crippen molar-refractivity contribution in [3.05, 3.63) is 27.2 Å². The number of rotatable bonds is 3. The fourth-order valence-corrected chi connectivity index (χ4v) is 2.49. The van der Waals surface area contributed by atoms with Crippen molar-refractivity contribution < 1.29 is 0 Å². The second kappa shape index (κ2) is 4.06. The second-order valence-corrected chi connectivity index (χ2v) is 4.81. The van der Waals surface area contributed by atoms with Crippen LogP contribution in [0.3, 0.4) is 0 Å². The summed E-state index contributed by atoms with van der Waals surface area (Å²) in [6, 6.07) is 0. The molecule has 2 rings (SSSR count). The van der Waals surface area contributed by atoms with Crippen molar-refractivity contribution in [1.82, 2.24) is 9.97 Å². The van der Waals surface area contributed by atoms with E-state index in [4.69, 9.17) is 0 Å². The molecule has 0 saturated carbocycles. The Balaban J connectivity index is 1.98. The van der Waals surface area contributed by atoms with E-state index in [1.165, 1.54) is 4.88 Å². The Kier molecular flexibility index (Phi) is 2.79. The molecule has 0 aliphatic carbocycles. The minimum atomic E-state index is 0.823. The van der Waals surface area contributed by atoms with Crippen molar-refractivity contribution in [3.8, 4) is 0 Å². The third kappa shape index (κ3) is 2.10. The molecule has 3 nitrogen and oxygen atoms in total. The second-order valence-electron chi connectivity index (χ2n) is 3.01. The molecule has 0 saturated heterocycles. The van der Waals surface area contributed by atoms with E-state index in [-0.39, 0.29) is 0 Å². The van der Waals surface area contributed by atoms with Gasteiger partial charge in [0, 0.05) is 10.3 Å². The highest BCUT2D eigenvalue weighted by Crippen LogP contribution is 2.18. The largest absolute Gasteiger partial charge is 0.357 e. The summed E-state index contributed by atoms with van der Waals surface area (Å²) in [4.78, 5) is 9.80. The quantitative estimate of drug-likeness (QED) is 0.873. The van der Waals surface area contributed by atoms with Crippen molar-refractivity contribution in [2.24, 2.45) is 0 Å². The molecule has 2 aromatic rings. The molecule has 0 aromatic carbocycles. The van der Waals surface area contributed by atoms with Crippen LogP contribution in [-0.4, -0.2) is 9.97 Å². The molecular weight excluding hydrogens is 214 g/mol. The summed E-state index contributed by atoms with van der Waals surface area (Å²) >= 11 is 3.32. The highest BCUT2D eigenvalue weighted by Gasteiger charge is 2.02. The van der Waals surface area contributed by atoms with Crippen LogP contribution in [0.1, 0.15) is 16.3 Å². The van der Waals surface area contributed by atoms with Gasteiger partial charge in [-0.15, -0.1) is 22.7 Å². The maximum Gasteiger partial charge on any atom is 0.183 e. The third-order valence-corrected chi connectivity index (χ3v) is 3.72. The van der Waals surface area contributed by atoms with Crippen LogP contribution in [0, 0.1) is 13.8 Å². The van der Waals surface area contributed by atoms with E-state index >= 15 is 0 Å². The molecule has 0 amide bonds. The molecule has 0 bridgehead atoms. The molecule has 0 atom stereocenters. The molecule has 14 heavy (non-hydrogen) atoms. The van der Waals surface area contributed by atoms with E-state index in [1.54, 1.807) is 22.7 Å². The molecule has 0 aliphatic heterocycles. The van der Waals surface area contributed by atoms with Gasteiger partial charge in [-0.1, -0.05) is 0 Å². The Hall–Kier alpha value is -0.940. The van der Waals surface area contributed by atoms with Gasteiger partial charge in [-0.25, -0.2) is 9.97 Å². The minimum absolute atomic E-state index is 0.823. The lowest BCUT2D eigenvalue weighted by Crippen LogP contribution is -1.98. The predicted octanol–water partition coefficient (Wildman–Crippen LogP) is 2.83. The van der Waals surface area contributed by atoms with Gasteiger partial charge in [0.25, 0.3) is 0 Å². The highest BCUT2D eigenvalue weighted by molar-refractivity contribution is 7.13. The third-order valence-electron chi connectivity index (χ3n) is 1.86. The molecule has 0 spiro atoms. The van der Waals surface area contributed by atoms with Gasteiger partial charge >= 0.3 is 0 Å². The summed E-state index contributed by atoms with van der Waals surface area (Å²) in [5.74, 6) is 0. The summed E-state index contributed by atoms with van der Waals surface area (Å²) in [6.45, 7) is 4.85. The minimum Gasteiger partial charge on any atom is -0.357 e. The van der Waals surface area contributed by atoms with Crippen LogP contribution in [0.15, 0.2) is 10.9 Å². The maximum absolute atomic E-state index is 4.33. The first kappa shape index (κ1) is 9.61. The molecule has 2 heterocycles. The predicted molar refractivity (Wildman–Crippen MR) is 61.0 cm³/mol. The first-order valence-corrected chi connectivity index (χ1v) is 6.06. The number of aryl methyl sites for hydroxylation is 2. The summed E-state index contributed by atoms with van der Waals surface area (Å²) in [7, 11) is 0. The van der Waals surface area contributed by atoms with Gasteiger partial charge in [-0.2, -0.15) is 0 Å². The Morgan fingerprint density at radius 1 is 1.36 bits per heavy atom. The first-order chi connectivity index (χ1) is 6.75. The van der Waals surface area contributed by atoms with E-state index in [1.807, 2.05) is 24.7 Å². The van der Waals surface area contributed by atoms with E-state index in [0.29, 0.717) is 0 Å². The first-order valence-electron chi connectivity index (χ1n) is 4.30. The number of nitrogens with one attached hydrogen (secondary N) is 1. The van der Waals surface area contributed by atoms with Gasteiger partial charge in [0.1, 0.15) is 0 Å². The molecule has 1 N–H and O–H groups in total. The normalized spacial score (nSPS) is 10.4. The zero-order valence-corrected chi connectivity index (χ0v) is 9.71. The smallest absolute Gasteiger partial charge is 0.183 e. The van der Waals surface area contributed by atoms with E-state index in [0.717, 1.165) is 23.1 Å². The number of anilines is 1. The van der Waals surface area contributed by atoms with Crippen LogP contribution in [0.4, 0.5) is 5.13 Å². The Bertz CT molecular complexity index is 419. The zero-order valence-electron chi connectivity index (χ0n) is 8.07. The van der Waals surface area contributed by atoms with Gasteiger partial charge in [-0.05, 0) is 13.8 Å². The molecule has 2 aromatic heterocycles. The Morgan fingerprint density at radius 3 is 2.79 bits per heavy atom. The molecule has 74 valence electrons. The zero-order chi connectivity index (χ0) is 9.97. The van der Waals surface area contributed by atoms with Crippen molar-refractivity contribution in [2.75, 3.05) is 5.32 Å². The number of aromatic nitrogens is 2. The van der Waals surface area contributed by atoms with Gasteiger partial charge in [-0.3, -0.25) is 0 Å². The van der Waals surface area contributed by atoms with Crippen molar-refractivity contribution in [1.29, 1.82) is 0 Å². The lowest BCUT2D eigenvalue weighted by Gasteiger charge is -1.99. The maximum atomic E-state index is 4.33. The molecule has 0 fully saturated rings. The van der Waals surface area contributed by atoms with Crippen LogP contribution < -0.4 is 5.32 Å². The lowest BCUT2D eigenvalue weighted by atomic mass is 10.4. The monoisotopic (exact) mass is 225 g/mol. The average molecular weight is 225 g/mol. The fourth-order valence-electron chi connectivity index (χ4n) is 1.09. The van der Waals surface area contributed by atoms with Crippen LogP contribution >= 0.6 is 22.7 Å². The van der Waals surface area contributed by atoms with Gasteiger partial charge in [0.15, 0.2) is 5.13 Å². The summed E-state index contributed by atoms with van der Waals surface area (Å²) in [6.07, 6.45) is 0. The van der Waals surface area contributed by atoms with Gasteiger partial charge in [0.2, 0.25) is 0 Å². The van der Waals surface area contributed by atoms with Crippen LogP contribution in [0.2, 0.25) is 0 Å². The Labute approximate surface area is 90.9 Å². The standard InChI is InChI=1S/C9H11N3S2/c1-6-4-13-9(12-6)10-3-8-7(2)11-5-14-8/h4-5H,3H2,1-2H3,(H,10,12). The molecular formula is C9H11N3S2. The molecule has 0 unspecified atom stereocenters. The highest BCUT2D eigenvalue weighted by atomic mass is 32.1. The number of thiazole rings is 2. The summed E-state index contributed by atoms with van der Waals surface area (Å²) < 4.78 is 0. The van der Waals surface area contributed by atoms with Crippen LogP contribution in [0.5, 0.6) is 0 Å². The van der Waals surface area contributed by atoms with E-state index < -0.39 is 0 Å². The van der Waals surface area contributed by atoms with E-state index in [2.05, 4.69) is 15.3 Å². The van der Waals surface area contributed by atoms with Gasteiger partial charge < -0.3 is 5.32 Å². The van der Waals surface area contributed by atoms with Crippen LogP contribution in [0.25, 0.3) is 0 Å². The molecule has 0 radical (unpaired) electrons. The number of nitrogens with zero attached hydrogens (tertiary/aromatic N) is 2. The van der Waals surface area contributed by atoms with E-state index in [9.17, 15) is 0 Å². The van der Waals surface area contributed by atoms with Gasteiger partial charge in [0.05, 0.1) is 23.4 Å². The fraction of sp³-hybridized carbons (Fsp3) is 0.333. The summed E-state index contributed by atoms with van der Waals surface area (Å²) in [5.41, 5.74) is 4.05. The SMILES string of the molecule is Cc1csc(NCc2scnc2C)n1. The number of hydrogen-bond donors (Lipinski definition) is 1. The summed E-state index contributed by atoms with van der Waals surface area (Å²) in [5, 5.41) is 6.31. The Morgan fingerprint density at radius 2 is 2.21 bits per heavy atom. The van der Waals surface area contributed by atoms with Crippen molar-refractivity contribution in [3.63, 3.8) is 0 Å². The van der Waals surface area contributed by atoms with Crippen molar-refractivity contribution in [2.45, 2.75) is 20.4 Å². The average Bonchev–Trinajstić information content (AvgIpc) is 2.72. The topological polar surface area (TPSA) is 37.8 Å². The van der Waals surface area contributed by atoms with Crippen molar-refractivity contribution >= 4 is 27.8 Å². The number of hydrogen-bond acceptors (Lipinski definition) is 5. The molecule has 0 aliphatic rings. The lowest BCUT2D eigenvalue weighted by molar-refractivity contribution is 1.10.